The molecule has 1 aromatic heterocycles. The van der Waals surface area contributed by atoms with E-state index in [-0.39, 0.29) is 30.9 Å². The maximum Gasteiger partial charge on any atom is 0.271 e. The predicted molar refractivity (Wildman–Crippen MR) is 207 cm³/mol. The number of piperazine rings is 1. The summed E-state index contributed by atoms with van der Waals surface area (Å²) < 4.78 is 6.08. The van der Waals surface area contributed by atoms with Gasteiger partial charge in [0.15, 0.2) is 0 Å². The molecular formula is C41H42ClN9O6. The van der Waals surface area contributed by atoms with Crippen LogP contribution >= 0.6 is 11.6 Å². The molecule has 2 aliphatic carbocycles. The molecule has 5 fully saturated rings. The maximum atomic E-state index is 13.3. The lowest BCUT2D eigenvalue weighted by Gasteiger charge is -2.35. The fraction of sp³-hybridized carbons (Fsp3) is 0.463. The van der Waals surface area contributed by atoms with E-state index in [2.05, 4.69) is 41.4 Å². The molecular weight excluding hydrogens is 750 g/mol. The molecule has 5 heterocycles. The normalized spacial score (nSPS) is 27.1. The minimum atomic E-state index is -0.971. The number of carbonyl (C=O) groups is 5. The lowest BCUT2D eigenvalue weighted by Crippen LogP contribution is -2.54. The summed E-state index contributed by atoms with van der Waals surface area (Å²) in [7, 11) is 0. The minimum absolute atomic E-state index is 0.0187. The van der Waals surface area contributed by atoms with Gasteiger partial charge in [-0.15, -0.1) is 0 Å². The van der Waals surface area contributed by atoms with Gasteiger partial charge in [0.25, 0.3) is 17.7 Å². The first-order chi connectivity index (χ1) is 27.6. The number of rotatable bonds is 9. The number of benzene rings is 2. The SMILES string of the molecule is N#Cc1ccc(OC2CCC(NC(=O)c3cnc(N4CCN(CC5[C@H]6CN(c7ccc8c(c7)C(=O)N(C7CCC(=O)NC7=O)C8=O)C[C@@H]56)CC4)cn3)CC2)cc1Cl. The molecule has 2 aromatic carbocycles. The Labute approximate surface area is 334 Å². The second-order valence-corrected chi connectivity index (χ2v) is 16.3. The zero-order chi connectivity index (χ0) is 39.4. The second-order valence-electron chi connectivity index (χ2n) is 15.9. The van der Waals surface area contributed by atoms with Crippen molar-refractivity contribution in [2.75, 3.05) is 55.6 Å². The van der Waals surface area contributed by atoms with Crippen LogP contribution in [-0.4, -0.2) is 113 Å². The average Bonchev–Trinajstić information content (AvgIpc) is 3.51. The third-order valence-corrected chi connectivity index (χ3v) is 12.9. The zero-order valence-electron chi connectivity index (χ0n) is 31.2. The van der Waals surface area contributed by atoms with Gasteiger partial charge >= 0.3 is 0 Å². The van der Waals surface area contributed by atoms with Crippen molar-refractivity contribution in [2.24, 2.45) is 17.8 Å². The summed E-state index contributed by atoms with van der Waals surface area (Å²) in [5.74, 6) is 0.984. The number of hydrogen-bond acceptors (Lipinski definition) is 12. The van der Waals surface area contributed by atoms with E-state index in [1.165, 1.54) is 0 Å². The Morgan fingerprint density at radius 1 is 0.895 bits per heavy atom. The van der Waals surface area contributed by atoms with Crippen molar-refractivity contribution in [2.45, 2.75) is 56.7 Å². The van der Waals surface area contributed by atoms with Crippen LogP contribution in [0.25, 0.3) is 0 Å². The Bertz CT molecular complexity index is 2170. The fourth-order valence-electron chi connectivity index (χ4n) is 9.28. The van der Waals surface area contributed by atoms with Crippen molar-refractivity contribution in [3.63, 3.8) is 0 Å². The third-order valence-electron chi connectivity index (χ3n) is 12.6. The van der Waals surface area contributed by atoms with E-state index in [1.807, 2.05) is 6.07 Å². The molecule has 9 rings (SSSR count). The molecule has 3 saturated heterocycles. The number of nitriles is 1. The van der Waals surface area contributed by atoms with Crippen molar-refractivity contribution in [3.8, 4) is 11.8 Å². The van der Waals surface area contributed by atoms with Crippen LogP contribution < -0.4 is 25.2 Å². The molecule has 5 amide bonds. The molecule has 4 atom stereocenters. The Balaban J connectivity index is 0.701. The van der Waals surface area contributed by atoms with Gasteiger partial charge in [0.1, 0.15) is 29.4 Å². The minimum Gasteiger partial charge on any atom is -0.490 e. The number of aromatic nitrogens is 2. The third kappa shape index (κ3) is 7.28. The molecule has 4 aliphatic heterocycles. The van der Waals surface area contributed by atoms with Gasteiger partial charge in [-0.05, 0) is 80.2 Å². The standard InChI is InChI=1S/C41H42ClN9O6/c42-33-16-27(5-1-23(33)17-43)57-26-6-2-24(3-7-26)46-38(53)34-18-45-36(19-44-34)49-13-11-48(12-14-49)20-30-31-21-50(22-32(30)31)25-4-8-28-29(15-25)41(56)51(40(28)55)35-9-10-37(52)47-39(35)54/h1,4-5,8,15-16,18-19,24,26,30-32,35H,2-3,6-7,9-14,20-22H2,(H,46,53)(H,47,52,54)/t24?,26?,30?,31-,32+,35?. The van der Waals surface area contributed by atoms with Crippen LogP contribution in [0.4, 0.5) is 11.5 Å². The van der Waals surface area contributed by atoms with Crippen molar-refractivity contribution < 1.29 is 28.7 Å². The first kappa shape index (κ1) is 37.0. The van der Waals surface area contributed by atoms with Crippen molar-refractivity contribution in [1.29, 1.82) is 5.26 Å². The average molecular weight is 792 g/mol. The summed E-state index contributed by atoms with van der Waals surface area (Å²) in [5, 5.41) is 14.8. The molecule has 0 bridgehead atoms. The molecule has 15 nitrogen and oxygen atoms in total. The number of anilines is 2. The number of halogens is 1. The van der Waals surface area contributed by atoms with Crippen LogP contribution in [0.3, 0.4) is 0 Å². The van der Waals surface area contributed by atoms with E-state index in [0.29, 0.717) is 50.9 Å². The maximum absolute atomic E-state index is 13.3. The number of piperidine rings is 2. The smallest absolute Gasteiger partial charge is 0.271 e. The Kier molecular flexibility index (Phi) is 9.78. The fourth-order valence-corrected chi connectivity index (χ4v) is 9.50. The van der Waals surface area contributed by atoms with Gasteiger partial charge in [-0.25, -0.2) is 9.97 Å². The number of imide groups is 2. The highest BCUT2D eigenvalue weighted by molar-refractivity contribution is 6.31. The highest BCUT2D eigenvalue weighted by Crippen LogP contribution is 2.53. The number of amides is 5. The van der Waals surface area contributed by atoms with E-state index in [9.17, 15) is 24.0 Å². The van der Waals surface area contributed by atoms with Gasteiger partial charge in [0.2, 0.25) is 11.8 Å². The number of fused-ring (bicyclic) bond motifs is 2. The second kappa shape index (κ2) is 15.1. The van der Waals surface area contributed by atoms with Crippen LogP contribution in [0.2, 0.25) is 5.02 Å². The van der Waals surface area contributed by atoms with Crippen molar-refractivity contribution >= 4 is 52.6 Å². The van der Waals surface area contributed by atoms with Crippen LogP contribution in [0.5, 0.6) is 5.75 Å². The molecule has 2 unspecified atom stereocenters. The first-order valence-electron chi connectivity index (χ1n) is 19.7. The first-order valence-corrected chi connectivity index (χ1v) is 20.1. The molecule has 0 spiro atoms. The van der Waals surface area contributed by atoms with E-state index >= 15 is 0 Å². The van der Waals surface area contributed by atoms with Gasteiger partial charge in [0.05, 0.1) is 40.2 Å². The summed E-state index contributed by atoms with van der Waals surface area (Å²) in [6.07, 6.45) is 6.64. The summed E-state index contributed by atoms with van der Waals surface area (Å²) in [6.45, 7) is 6.31. The molecule has 0 radical (unpaired) electrons. The topological polar surface area (TPSA) is 181 Å². The van der Waals surface area contributed by atoms with Crippen LogP contribution in [0.1, 0.15) is 75.3 Å². The van der Waals surface area contributed by atoms with Crippen molar-refractivity contribution in [3.05, 3.63) is 76.2 Å². The van der Waals surface area contributed by atoms with E-state index in [1.54, 1.807) is 42.7 Å². The largest absolute Gasteiger partial charge is 0.490 e. The zero-order valence-corrected chi connectivity index (χ0v) is 32.0. The van der Waals surface area contributed by atoms with Crippen LogP contribution in [0, 0.1) is 29.1 Å². The number of ether oxygens (including phenoxy) is 1. The summed E-state index contributed by atoms with van der Waals surface area (Å²) in [6, 6.07) is 11.5. The molecule has 2 N–H and O–H groups in total. The van der Waals surface area contributed by atoms with Crippen LogP contribution in [-0.2, 0) is 9.59 Å². The van der Waals surface area contributed by atoms with Crippen LogP contribution in [0.15, 0.2) is 48.8 Å². The van der Waals surface area contributed by atoms with E-state index in [0.717, 1.165) is 87.9 Å². The monoisotopic (exact) mass is 791 g/mol. The molecule has 16 heteroatoms. The Hall–Kier alpha value is -5.59. The number of carbonyl (C=O) groups excluding carboxylic acids is 5. The van der Waals surface area contributed by atoms with E-state index in [4.69, 9.17) is 21.6 Å². The lowest BCUT2D eigenvalue weighted by atomic mass is 9.93. The van der Waals surface area contributed by atoms with Gasteiger partial charge in [-0.3, -0.25) is 39.1 Å². The Morgan fingerprint density at radius 3 is 2.33 bits per heavy atom. The van der Waals surface area contributed by atoms with Gasteiger partial charge in [-0.1, -0.05) is 11.6 Å². The van der Waals surface area contributed by atoms with Crippen molar-refractivity contribution in [1.82, 2.24) is 30.4 Å². The van der Waals surface area contributed by atoms with E-state index < -0.39 is 29.7 Å². The number of hydrogen-bond donors (Lipinski definition) is 2. The summed E-state index contributed by atoms with van der Waals surface area (Å²) in [4.78, 5) is 80.5. The summed E-state index contributed by atoms with van der Waals surface area (Å²) >= 11 is 6.14. The quantitative estimate of drug-likeness (QED) is 0.303. The van der Waals surface area contributed by atoms with Gasteiger partial charge < -0.3 is 19.9 Å². The highest BCUT2D eigenvalue weighted by Gasteiger charge is 2.56. The number of nitrogens with zero attached hydrogens (tertiary/aromatic N) is 7. The number of nitrogens with one attached hydrogen (secondary N) is 2. The van der Waals surface area contributed by atoms with Gasteiger partial charge in [-0.2, -0.15) is 5.26 Å². The summed E-state index contributed by atoms with van der Waals surface area (Å²) in [5.41, 5.74) is 2.23. The predicted octanol–water partition coefficient (Wildman–Crippen LogP) is 3.03. The van der Waals surface area contributed by atoms with Gasteiger partial charge in [0, 0.05) is 70.0 Å². The highest BCUT2D eigenvalue weighted by atomic mass is 35.5. The lowest BCUT2D eigenvalue weighted by molar-refractivity contribution is -0.136. The molecule has 57 heavy (non-hydrogen) atoms. The molecule has 6 aliphatic rings. The molecule has 294 valence electrons. The molecule has 3 aromatic rings. The Morgan fingerprint density at radius 2 is 1.65 bits per heavy atom. The molecule has 2 saturated carbocycles.